The summed E-state index contributed by atoms with van der Waals surface area (Å²) in [6, 6.07) is 6.47. The Morgan fingerprint density at radius 3 is 2.22 bits per heavy atom. The highest BCUT2D eigenvalue weighted by atomic mass is 19.4. The van der Waals surface area contributed by atoms with E-state index in [-0.39, 0.29) is 30.1 Å². The molecule has 0 radical (unpaired) electrons. The molecular formula is C35H53F3O7. The Bertz CT molecular complexity index is 1170. The number of aliphatic hydroxyl groups is 2. The molecule has 2 N–H and O–H groups in total. The van der Waals surface area contributed by atoms with Crippen LogP contribution in [0.4, 0.5) is 13.2 Å². The zero-order valence-electron chi connectivity index (χ0n) is 28.1. The molecule has 45 heavy (non-hydrogen) atoms. The maximum atomic E-state index is 14.5. The van der Waals surface area contributed by atoms with Gasteiger partial charge in [0.05, 0.1) is 24.2 Å². The summed E-state index contributed by atoms with van der Waals surface area (Å²) in [5, 5.41) is 23.8. The number of halogens is 3. The Morgan fingerprint density at radius 2 is 1.67 bits per heavy atom. The number of methoxy groups -OCH3 is 2. The number of carbonyl (C=O) groups is 2. The molecule has 0 unspecified atom stereocenters. The minimum atomic E-state index is -5.18. The predicted octanol–water partition coefficient (Wildman–Crippen LogP) is 7.12. The molecule has 0 amide bonds. The van der Waals surface area contributed by atoms with Crippen molar-refractivity contribution < 1.29 is 47.2 Å². The van der Waals surface area contributed by atoms with Gasteiger partial charge in [0.15, 0.2) is 0 Å². The lowest BCUT2D eigenvalue weighted by Gasteiger charge is -2.63. The van der Waals surface area contributed by atoms with Crippen LogP contribution in [0.5, 0.6) is 0 Å². The summed E-state index contributed by atoms with van der Waals surface area (Å²) in [5.41, 5.74) is -6.53. The van der Waals surface area contributed by atoms with Gasteiger partial charge in [-0.3, -0.25) is 4.79 Å². The van der Waals surface area contributed by atoms with E-state index in [9.17, 15) is 33.0 Å². The quantitative estimate of drug-likeness (QED) is 0.234. The molecule has 2 aliphatic carbocycles. The lowest BCUT2D eigenvalue weighted by atomic mass is 9.45. The number of benzene rings is 1. The van der Waals surface area contributed by atoms with Crippen LogP contribution in [0.2, 0.25) is 0 Å². The molecule has 0 bridgehead atoms. The van der Waals surface area contributed by atoms with Gasteiger partial charge in [0, 0.05) is 12.7 Å². The second kappa shape index (κ2) is 13.5. The summed E-state index contributed by atoms with van der Waals surface area (Å²) >= 11 is 0. The smallest absolute Gasteiger partial charge is 0.432 e. The van der Waals surface area contributed by atoms with Gasteiger partial charge in [0.25, 0.3) is 5.60 Å². The van der Waals surface area contributed by atoms with Crippen LogP contribution in [-0.4, -0.2) is 59.9 Å². The van der Waals surface area contributed by atoms with Crippen LogP contribution < -0.4 is 0 Å². The Balaban J connectivity index is 1.83. The van der Waals surface area contributed by atoms with E-state index in [0.29, 0.717) is 19.3 Å². The molecule has 1 aromatic carbocycles. The Kier molecular flexibility index (Phi) is 11.2. The second-order valence-electron chi connectivity index (χ2n) is 14.8. The first-order chi connectivity index (χ1) is 20.7. The fourth-order valence-corrected chi connectivity index (χ4v) is 8.21. The summed E-state index contributed by atoms with van der Waals surface area (Å²) < 4.78 is 58.7. The van der Waals surface area contributed by atoms with Crippen LogP contribution in [0.1, 0.15) is 105 Å². The van der Waals surface area contributed by atoms with E-state index in [1.807, 2.05) is 0 Å². The summed E-state index contributed by atoms with van der Waals surface area (Å²) in [4.78, 5) is 25.9. The van der Waals surface area contributed by atoms with E-state index in [2.05, 4.69) is 27.7 Å². The van der Waals surface area contributed by atoms with E-state index in [1.165, 1.54) is 25.1 Å². The fraction of sp³-hybridized carbons (Fsp3) is 0.771. The molecular weight excluding hydrogens is 589 g/mol. The summed E-state index contributed by atoms with van der Waals surface area (Å²) in [6.45, 7) is 11.8. The number of ether oxygens (including phenoxy) is 3. The van der Waals surface area contributed by atoms with Gasteiger partial charge in [-0.1, -0.05) is 64.4 Å². The van der Waals surface area contributed by atoms with E-state index >= 15 is 0 Å². The van der Waals surface area contributed by atoms with Crippen molar-refractivity contribution in [2.75, 3.05) is 14.2 Å². The number of esters is 2. The molecule has 0 heterocycles. The van der Waals surface area contributed by atoms with Crippen molar-refractivity contribution in [3.63, 3.8) is 0 Å². The lowest BCUT2D eigenvalue weighted by Crippen LogP contribution is -2.63. The van der Waals surface area contributed by atoms with Gasteiger partial charge in [0.2, 0.25) is 0 Å². The molecule has 0 saturated heterocycles. The van der Waals surface area contributed by atoms with Crippen molar-refractivity contribution in [3.8, 4) is 0 Å². The van der Waals surface area contributed by atoms with Gasteiger partial charge in [-0.25, -0.2) is 4.79 Å². The first-order valence-electron chi connectivity index (χ1n) is 16.1. The minimum Gasteiger partial charge on any atom is -0.469 e. The highest BCUT2D eigenvalue weighted by Gasteiger charge is 2.65. The van der Waals surface area contributed by atoms with Crippen LogP contribution in [-0.2, 0) is 29.4 Å². The summed E-state index contributed by atoms with van der Waals surface area (Å²) in [7, 11) is 1.92. The van der Waals surface area contributed by atoms with Gasteiger partial charge < -0.3 is 24.4 Å². The highest BCUT2D eigenvalue weighted by molar-refractivity contribution is 5.83. The maximum absolute atomic E-state index is 14.5. The van der Waals surface area contributed by atoms with Gasteiger partial charge >= 0.3 is 18.1 Å². The molecule has 2 aliphatic rings. The van der Waals surface area contributed by atoms with E-state index in [0.717, 1.165) is 52.0 Å². The van der Waals surface area contributed by atoms with Crippen LogP contribution in [0.15, 0.2) is 30.3 Å². The van der Waals surface area contributed by atoms with Crippen molar-refractivity contribution in [3.05, 3.63) is 35.9 Å². The van der Waals surface area contributed by atoms with Crippen LogP contribution in [0.3, 0.4) is 0 Å². The van der Waals surface area contributed by atoms with Crippen molar-refractivity contribution in [2.24, 2.45) is 28.6 Å². The molecule has 10 heteroatoms. The standard InChI is InChI=1S/C35H53F3O7/c1-23-15-16-27-30(3,4)18-12-19-33(27,42)32(23,6)22-21-31(5,41)20-17-26(24(2)28(39)43-7)45-29(40)34(44-8,35(36,37)38)25-13-10-9-11-14-25/h9-11,13-14,23-24,26-27,41-42H,12,15-22H2,1-8H3/t23-,24+,26+,27+,31+,32-,33+,34+/m1/s1. The molecule has 3 rings (SSSR count). The number of rotatable bonds is 12. The van der Waals surface area contributed by atoms with Crippen molar-refractivity contribution in [1.82, 2.24) is 0 Å². The third-order valence-electron chi connectivity index (χ3n) is 11.6. The molecule has 2 fully saturated rings. The second-order valence-corrected chi connectivity index (χ2v) is 14.8. The summed E-state index contributed by atoms with van der Waals surface area (Å²) in [6.07, 6.45) is -1.11. The largest absolute Gasteiger partial charge is 0.469 e. The molecule has 0 aromatic heterocycles. The normalized spacial score (nSPS) is 30.6. The zero-order chi connectivity index (χ0) is 34.1. The molecule has 0 spiro atoms. The number of hydrogen-bond donors (Lipinski definition) is 2. The average Bonchev–Trinajstić information content (AvgIpc) is 2.96. The van der Waals surface area contributed by atoms with E-state index in [4.69, 9.17) is 14.2 Å². The van der Waals surface area contributed by atoms with Crippen molar-refractivity contribution >= 4 is 11.9 Å². The number of fused-ring (bicyclic) bond motifs is 1. The molecule has 7 nitrogen and oxygen atoms in total. The highest BCUT2D eigenvalue weighted by Crippen LogP contribution is 2.63. The fourth-order valence-electron chi connectivity index (χ4n) is 8.21. The van der Waals surface area contributed by atoms with Crippen LogP contribution >= 0.6 is 0 Å². The number of alkyl halides is 3. The number of carbonyl (C=O) groups excluding carboxylic acids is 2. The van der Waals surface area contributed by atoms with Gasteiger partial charge in [-0.05, 0) is 87.9 Å². The topological polar surface area (TPSA) is 102 Å². The summed E-state index contributed by atoms with van der Waals surface area (Å²) in [5.74, 6) is -3.22. The molecule has 0 aliphatic heterocycles. The average molecular weight is 643 g/mol. The molecule has 2 saturated carbocycles. The first kappa shape index (κ1) is 37.3. The monoisotopic (exact) mass is 642 g/mol. The molecule has 256 valence electrons. The van der Waals surface area contributed by atoms with Gasteiger partial charge in [-0.2, -0.15) is 13.2 Å². The predicted molar refractivity (Wildman–Crippen MR) is 164 cm³/mol. The van der Waals surface area contributed by atoms with E-state index in [1.54, 1.807) is 6.92 Å². The molecule has 1 aromatic rings. The van der Waals surface area contributed by atoms with E-state index < -0.39 is 57.9 Å². The van der Waals surface area contributed by atoms with Gasteiger partial charge in [0.1, 0.15) is 6.10 Å². The van der Waals surface area contributed by atoms with Crippen LogP contribution in [0.25, 0.3) is 0 Å². The third kappa shape index (κ3) is 7.08. The Hall–Kier alpha value is -2.17. The Labute approximate surface area is 266 Å². The third-order valence-corrected chi connectivity index (χ3v) is 11.6. The van der Waals surface area contributed by atoms with Crippen molar-refractivity contribution in [1.29, 1.82) is 0 Å². The zero-order valence-corrected chi connectivity index (χ0v) is 28.1. The SMILES string of the molecule is COC(=O)[C@@H](C)[C@H](CC[C@](C)(O)CC[C@]1(C)[C@H](C)CC[C@H]2C(C)(C)CCC[C@]21O)OC(=O)[C@@](OC)(c1ccccc1)C(F)(F)F. The Morgan fingerprint density at radius 1 is 1.04 bits per heavy atom. The molecule has 8 atom stereocenters. The van der Waals surface area contributed by atoms with Crippen molar-refractivity contribution in [2.45, 2.75) is 128 Å². The number of hydrogen-bond acceptors (Lipinski definition) is 7. The first-order valence-corrected chi connectivity index (χ1v) is 16.1. The maximum Gasteiger partial charge on any atom is 0.432 e. The minimum absolute atomic E-state index is 0.00558. The van der Waals surface area contributed by atoms with Gasteiger partial charge in [-0.15, -0.1) is 0 Å². The van der Waals surface area contributed by atoms with Crippen LogP contribution in [0, 0.1) is 28.6 Å². The lowest BCUT2D eigenvalue weighted by molar-refractivity contribution is -0.279.